The van der Waals surface area contributed by atoms with Crippen LogP contribution in [0.1, 0.15) is 0 Å². The van der Waals surface area contributed by atoms with Crippen molar-refractivity contribution < 1.29 is 4.74 Å². The highest BCUT2D eigenvalue weighted by atomic mass is 79.9. The van der Waals surface area contributed by atoms with Crippen LogP contribution in [0.15, 0.2) is 40.9 Å². The van der Waals surface area contributed by atoms with E-state index in [0.29, 0.717) is 21.7 Å². The van der Waals surface area contributed by atoms with Gasteiger partial charge in [-0.1, -0.05) is 29.3 Å². The van der Waals surface area contributed by atoms with Gasteiger partial charge in [0.1, 0.15) is 10.9 Å². The van der Waals surface area contributed by atoms with Gasteiger partial charge in [-0.15, -0.1) is 0 Å². The van der Waals surface area contributed by atoms with Crippen molar-refractivity contribution in [1.82, 2.24) is 9.97 Å². The van der Waals surface area contributed by atoms with E-state index in [4.69, 9.17) is 27.9 Å². The average Bonchev–Trinajstić information content (AvgIpc) is 2.48. The Bertz CT molecular complexity index is 839. The van der Waals surface area contributed by atoms with Gasteiger partial charge in [0.05, 0.1) is 18.2 Å². The number of hydrogen-bond donors (Lipinski definition) is 0. The number of halogens is 3. The fourth-order valence-electron chi connectivity index (χ4n) is 2.05. The first-order valence-corrected chi connectivity index (χ1v) is 7.60. The second kappa shape index (κ2) is 5.79. The number of aromatic nitrogens is 2. The third-order valence-corrected chi connectivity index (χ3v) is 4.20. The highest BCUT2D eigenvalue weighted by molar-refractivity contribution is 9.10. The van der Waals surface area contributed by atoms with Gasteiger partial charge in [-0.05, 0) is 46.3 Å². The molecule has 0 atom stereocenters. The number of hydrogen-bond acceptors (Lipinski definition) is 3. The summed E-state index contributed by atoms with van der Waals surface area (Å²) in [5, 5.41) is 1.78. The molecule has 0 aliphatic carbocycles. The molecule has 0 unspecified atom stereocenters. The first-order valence-electron chi connectivity index (χ1n) is 6.06. The van der Waals surface area contributed by atoms with Crippen molar-refractivity contribution in [3.63, 3.8) is 0 Å². The minimum absolute atomic E-state index is 0.397. The maximum absolute atomic E-state index is 6.27. The Morgan fingerprint density at radius 1 is 1.10 bits per heavy atom. The number of methoxy groups -OCH3 is 1. The Kier molecular flexibility index (Phi) is 4.02. The number of fused-ring (bicyclic) bond motifs is 1. The fraction of sp³-hybridized carbons (Fsp3) is 0.0667. The molecule has 0 amide bonds. The molecule has 3 rings (SSSR count). The summed E-state index contributed by atoms with van der Waals surface area (Å²) in [6.07, 6.45) is 0. The van der Waals surface area contributed by atoms with E-state index < -0.39 is 0 Å². The number of nitrogens with zero attached hydrogens (tertiary/aromatic N) is 2. The summed E-state index contributed by atoms with van der Waals surface area (Å²) in [5.41, 5.74) is 1.49. The second-order valence-electron chi connectivity index (χ2n) is 4.32. The maximum atomic E-state index is 6.27. The summed E-state index contributed by atoms with van der Waals surface area (Å²) in [5.74, 6) is 1.10. The molecule has 0 saturated heterocycles. The smallest absolute Gasteiger partial charge is 0.165 e. The highest BCUT2D eigenvalue weighted by Gasteiger charge is 2.14. The van der Waals surface area contributed by atoms with E-state index in [-0.39, 0.29) is 0 Å². The van der Waals surface area contributed by atoms with Gasteiger partial charge in [-0.3, -0.25) is 0 Å². The van der Waals surface area contributed by atoms with Crippen molar-refractivity contribution in [2.24, 2.45) is 0 Å². The number of para-hydroxylation sites is 1. The van der Waals surface area contributed by atoms with Gasteiger partial charge in [0.15, 0.2) is 5.82 Å². The largest absolute Gasteiger partial charge is 0.496 e. The minimum atomic E-state index is 0.397. The van der Waals surface area contributed by atoms with Crippen LogP contribution >= 0.6 is 39.1 Å². The lowest BCUT2D eigenvalue weighted by Gasteiger charge is -2.10. The number of ether oxygens (including phenoxy) is 1. The zero-order valence-electron chi connectivity index (χ0n) is 10.9. The van der Waals surface area contributed by atoms with Crippen molar-refractivity contribution in [3.8, 4) is 17.1 Å². The normalized spacial score (nSPS) is 10.9. The molecule has 0 aliphatic heterocycles. The molecule has 0 fully saturated rings. The predicted octanol–water partition coefficient (Wildman–Crippen LogP) is 5.37. The molecular weight excluding hydrogens is 375 g/mol. The van der Waals surface area contributed by atoms with Crippen molar-refractivity contribution in [1.29, 1.82) is 0 Å². The average molecular weight is 384 g/mol. The standard InChI is InChI=1S/C15H9BrCl2N2O/c1-21-12-7-8(17)5-6-9(12)15-19-13-10(14(18)20-15)3-2-4-11(13)16/h2-7H,1H3. The fourth-order valence-corrected chi connectivity index (χ4v) is 2.90. The Morgan fingerprint density at radius 2 is 1.90 bits per heavy atom. The maximum Gasteiger partial charge on any atom is 0.165 e. The quantitative estimate of drug-likeness (QED) is 0.557. The Morgan fingerprint density at radius 3 is 2.67 bits per heavy atom. The van der Waals surface area contributed by atoms with Crippen molar-refractivity contribution in [2.45, 2.75) is 0 Å². The van der Waals surface area contributed by atoms with E-state index >= 15 is 0 Å². The molecule has 0 saturated carbocycles. The molecule has 6 heteroatoms. The van der Waals surface area contributed by atoms with E-state index in [2.05, 4.69) is 25.9 Å². The molecule has 0 radical (unpaired) electrons. The van der Waals surface area contributed by atoms with Crippen LogP contribution in [0.5, 0.6) is 5.75 Å². The molecule has 1 aromatic heterocycles. The van der Waals surface area contributed by atoms with Crippen LogP contribution in [0.4, 0.5) is 0 Å². The van der Waals surface area contributed by atoms with Gasteiger partial charge in [0, 0.05) is 14.9 Å². The number of benzene rings is 2. The summed E-state index contributed by atoms with van der Waals surface area (Å²) in [4.78, 5) is 8.94. The monoisotopic (exact) mass is 382 g/mol. The number of rotatable bonds is 2. The van der Waals surface area contributed by atoms with E-state index in [1.54, 1.807) is 19.2 Å². The third kappa shape index (κ3) is 2.71. The summed E-state index contributed by atoms with van der Waals surface area (Å²) in [6.45, 7) is 0. The van der Waals surface area contributed by atoms with Crippen LogP contribution in [0.25, 0.3) is 22.3 Å². The Hall–Kier alpha value is -1.36. The molecule has 21 heavy (non-hydrogen) atoms. The first kappa shape index (κ1) is 14.6. The lowest BCUT2D eigenvalue weighted by Crippen LogP contribution is -1.95. The topological polar surface area (TPSA) is 35.0 Å². The van der Waals surface area contributed by atoms with Crippen LogP contribution in [0.2, 0.25) is 10.2 Å². The lowest BCUT2D eigenvalue weighted by atomic mass is 10.1. The molecule has 2 aromatic carbocycles. The van der Waals surface area contributed by atoms with Gasteiger partial charge >= 0.3 is 0 Å². The molecule has 3 aromatic rings. The summed E-state index contributed by atoms with van der Waals surface area (Å²) in [6, 6.07) is 11.0. The van der Waals surface area contributed by atoms with E-state index in [1.807, 2.05) is 24.3 Å². The molecule has 0 spiro atoms. The van der Waals surface area contributed by atoms with Gasteiger partial charge in [0.25, 0.3) is 0 Å². The molecule has 1 heterocycles. The lowest BCUT2D eigenvalue weighted by molar-refractivity contribution is 0.416. The van der Waals surface area contributed by atoms with E-state index in [1.165, 1.54) is 0 Å². The zero-order valence-corrected chi connectivity index (χ0v) is 14.0. The van der Waals surface area contributed by atoms with E-state index in [0.717, 1.165) is 20.9 Å². The highest BCUT2D eigenvalue weighted by Crippen LogP contribution is 2.34. The third-order valence-electron chi connectivity index (χ3n) is 3.04. The molecule has 0 aliphatic rings. The predicted molar refractivity (Wildman–Crippen MR) is 89.2 cm³/mol. The van der Waals surface area contributed by atoms with Gasteiger partial charge in [-0.2, -0.15) is 0 Å². The second-order valence-corrected chi connectivity index (χ2v) is 5.97. The Balaban J connectivity index is 2.29. The van der Waals surface area contributed by atoms with Crippen molar-refractivity contribution >= 4 is 50.0 Å². The van der Waals surface area contributed by atoms with Gasteiger partial charge in [0.2, 0.25) is 0 Å². The van der Waals surface area contributed by atoms with Gasteiger partial charge in [-0.25, -0.2) is 9.97 Å². The molecule has 0 bridgehead atoms. The molecular formula is C15H9BrCl2N2O. The van der Waals surface area contributed by atoms with Crippen molar-refractivity contribution in [2.75, 3.05) is 7.11 Å². The van der Waals surface area contributed by atoms with Crippen LogP contribution in [-0.2, 0) is 0 Å². The van der Waals surface area contributed by atoms with Crippen LogP contribution in [0, 0.1) is 0 Å². The molecule has 0 N–H and O–H groups in total. The van der Waals surface area contributed by atoms with Gasteiger partial charge < -0.3 is 4.74 Å². The summed E-state index contributed by atoms with van der Waals surface area (Å²) < 4.78 is 6.20. The Labute approximate surface area is 140 Å². The first-order chi connectivity index (χ1) is 10.1. The summed E-state index contributed by atoms with van der Waals surface area (Å²) in [7, 11) is 1.58. The van der Waals surface area contributed by atoms with Crippen LogP contribution in [0.3, 0.4) is 0 Å². The van der Waals surface area contributed by atoms with Crippen LogP contribution in [-0.4, -0.2) is 17.1 Å². The molecule has 3 nitrogen and oxygen atoms in total. The van der Waals surface area contributed by atoms with E-state index in [9.17, 15) is 0 Å². The van der Waals surface area contributed by atoms with Crippen LogP contribution < -0.4 is 4.74 Å². The van der Waals surface area contributed by atoms with Crippen molar-refractivity contribution in [3.05, 3.63) is 51.0 Å². The zero-order chi connectivity index (χ0) is 15.0. The minimum Gasteiger partial charge on any atom is -0.496 e. The summed E-state index contributed by atoms with van der Waals surface area (Å²) >= 11 is 15.7. The SMILES string of the molecule is COc1cc(Cl)ccc1-c1nc(Cl)c2cccc(Br)c2n1. The molecule has 106 valence electrons.